The Bertz CT molecular complexity index is 679. The second-order valence-electron chi connectivity index (χ2n) is 3.93. The van der Waals surface area contributed by atoms with E-state index < -0.39 is 6.03 Å². The zero-order chi connectivity index (χ0) is 13.9. The largest absolute Gasteiger partial charge is 0.452 e. The van der Waals surface area contributed by atoms with Crippen LogP contribution in [-0.2, 0) is 4.79 Å². The summed E-state index contributed by atoms with van der Waals surface area (Å²) in [5.41, 5.74) is 0. The van der Waals surface area contributed by atoms with Crippen molar-refractivity contribution in [2.75, 3.05) is 6.54 Å². The van der Waals surface area contributed by atoms with Crippen LogP contribution in [-0.4, -0.2) is 39.7 Å². The van der Waals surface area contributed by atoms with Gasteiger partial charge in [-0.3, -0.25) is 10.1 Å². The third kappa shape index (κ3) is 2.39. The Morgan fingerprint density at radius 2 is 2.10 bits per heavy atom. The van der Waals surface area contributed by atoms with Gasteiger partial charge in [0.15, 0.2) is 11.6 Å². The molecule has 0 radical (unpaired) electrons. The van der Waals surface area contributed by atoms with E-state index in [1.54, 1.807) is 30.6 Å². The lowest BCUT2D eigenvalue weighted by Gasteiger charge is -2.02. The SMILES string of the molecule is O=C1CN(N=Cc2ccc(-c3ncccn3)o2)C(=O)N1. The van der Waals surface area contributed by atoms with Gasteiger partial charge < -0.3 is 4.42 Å². The van der Waals surface area contributed by atoms with Crippen LogP contribution in [0, 0.1) is 0 Å². The van der Waals surface area contributed by atoms with Crippen molar-refractivity contribution in [2.24, 2.45) is 5.10 Å². The summed E-state index contributed by atoms with van der Waals surface area (Å²) < 4.78 is 5.47. The van der Waals surface area contributed by atoms with Crippen molar-refractivity contribution in [3.8, 4) is 11.6 Å². The van der Waals surface area contributed by atoms with Gasteiger partial charge in [-0.1, -0.05) is 0 Å². The van der Waals surface area contributed by atoms with E-state index in [0.29, 0.717) is 17.3 Å². The molecule has 3 heterocycles. The molecule has 1 fully saturated rings. The minimum Gasteiger partial charge on any atom is -0.452 e. The Labute approximate surface area is 113 Å². The van der Waals surface area contributed by atoms with Crippen molar-refractivity contribution in [1.82, 2.24) is 20.3 Å². The summed E-state index contributed by atoms with van der Waals surface area (Å²) in [6.45, 7) is -0.0926. The predicted octanol–water partition coefficient (Wildman–Crippen LogP) is 0.622. The summed E-state index contributed by atoms with van der Waals surface area (Å²) in [7, 11) is 0. The van der Waals surface area contributed by atoms with Crippen LogP contribution in [0.15, 0.2) is 40.1 Å². The number of carbonyl (C=O) groups excluding carboxylic acids is 2. The number of imide groups is 1. The van der Waals surface area contributed by atoms with E-state index in [1.807, 2.05) is 0 Å². The zero-order valence-electron chi connectivity index (χ0n) is 10.2. The first kappa shape index (κ1) is 12.0. The lowest BCUT2D eigenvalue weighted by Crippen LogP contribution is -2.24. The molecule has 0 atom stereocenters. The predicted molar refractivity (Wildman–Crippen MR) is 67.6 cm³/mol. The molecule has 0 aromatic carbocycles. The van der Waals surface area contributed by atoms with Gasteiger partial charge in [-0.15, -0.1) is 0 Å². The van der Waals surface area contributed by atoms with E-state index in [2.05, 4.69) is 20.4 Å². The van der Waals surface area contributed by atoms with Crippen LogP contribution in [0.4, 0.5) is 4.79 Å². The van der Waals surface area contributed by atoms with Crippen molar-refractivity contribution in [2.45, 2.75) is 0 Å². The summed E-state index contributed by atoms with van der Waals surface area (Å²) in [5.74, 6) is 1.000. The fourth-order valence-electron chi connectivity index (χ4n) is 1.62. The molecule has 1 saturated heterocycles. The van der Waals surface area contributed by atoms with E-state index >= 15 is 0 Å². The Morgan fingerprint density at radius 1 is 1.30 bits per heavy atom. The van der Waals surface area contributed by atoms with Gasteiger partial charge in [0, 0.05) is 12.4 Å². The minimum absolute atomic E-state index is 0.0926. The maximum atomic E-state index is 11.3. The molecule has 0 aliphatic carbocycles. The molecule has 0 unspecified atom stereocenters. The molecule has 0 saturated carbocycles. The topological polar surface area (TPSA) is 101 Å². The van der Waals surface area contributed by atoms with Crippen molar-refractivity contribution in [1.29, 1.82) is 0 Å². The molecule has 8 nitrogen and oxygen atoms in total. The lowest BCUT2D eigenvalue weighted by atomic mass is 10.4. The molecule has 1 N–H and O–H groups in total. The number of nitrogens with zero attached hydrogens (tertiary/aromatic N) is 4. The third-order valence-corrected chi connectivity index (χ3v) is 2.51. The molecular formula is C12H9N5O3. The summed E-state index contributed by atoms with van der Waals surface area (Å²) >= 11 is 0. The first-order valence-electron chi connectivity index (χ1n) is 5.75. The van der Waals surface area contributed by atoms with Crippen LogP contribution in [0.1, 0.15) is 5.76 Å². The number of hydrazone groups is 1. The van der Waals surface area contributed by atoms with Crippen molar-refractivity contribution in [3.63, 3.8) is 0 Å². The number of furan rings is 1. The van der Waals surface area contributed by atoms with Crippen LogP contribution < -0.4 is 5.32 Å². The van der Waals surface area contributed by atoms with Crippen LogP contribution in [0.2, 0.25) is 0 Å². The van der Waals surface area contributed by atoms with Crippen LogP contribution in [0.25, 0.3) is 11.6 Å². The molecule has 0 bridgehead atoms. The Morgan fingerprint density at radius 3 is 2.80 bits per heavy atom. The zero-order valence-corrected chi connectivity index (χ0v) is 10.2. The molecule has 20 heavy (non-hydrogen) atoms. The first-order chi connectivity index (χ1) is 9.72. The molecular weight excluding hydrogens is 262 g/mol. The maximum absolute atomic E-state index is 11.3. The second kappa shape index (κ2) is 4.92. The summed E-state index contributed by atoms with van der Waals surface area (Å²) in [6, 6.07) is 4.53. The van der Waals surface area contributed by atoms with Crippen LogP contribution in [0.5, 0.6) is 0 Å². The maximum Gasteiger partial charge on any atom is 0.344 e. The number of hydrogen-bond donors (Lipinski definition) is 1. The fraction of sp³-hybridized carbons (Fsp3) is 0.0833. The van der Waals surface area contributed by atoms with Gasteiger partial charge >= 0.3 is 6.03 Å². The molecule has 2 aromatic rings. The van der Waals surface area contributed by atoms with E-state index in [4.69, 9.17) is 4.42 Å². The van der Waals surface area contributed by atoms with Gasteiger partial charge in [-0.2, -0.15) is 5.10 Å². The van der Waals surface area contributed by atoms with Gasteiger partial charge in [-0.05, 0) is 18.2 Å². The van der Waals surface area contributed by atoms with E-state index in [1.165, 1.54) is 6.21 Å². The Balaban J connectivity index is 1.75. The first-order valence-corrected chi connectivity index (χ1v) is 5.75. The summed E-state index contributed by atoms with van der Waals surface area (Å²) in [6.07, 6.45) is 4.57. The number of rotatable bonds is 3. The van der Waals surface area contributed by atoms with Crippen molar-refractivity contribution < 1.29 is 14.0 Å². The normalized spacial score (nSPS) is 15.1. The monoisotopic (exact) mass is 271 g/mol. The number of aromatic nitrogens is 2. The number of nitrogens with one attached hydrogen (secondary N) is 1. The van der Waals surface area contributed by atoms with E-state index in [0.717, 1.165) is 5.01 Å². The average molecular weight is 271 g/mol. The van der Waals surface area contributed by atoms with Crippen molar-refractivity contribution >= 4 is 18.2 Å². The van der Waals surface area contributed by atoms with Crippen molar-refractivity contribution in [3.05, 3.63) is 36.4 Å². The van der Waals surface area contributed by atoms with E-state index in [9.17, 15) is 9.59 Å². The van der Waals surface area contributed by atoms with Gasteiger partial charge in [0.1, 0.15) is 12.3 Å². The Kier molecular flexibility index (Phi) is 2.96. The molecule has 3 amide bonds. The van der Waals surface area contributed by atoms with Crippen LogP contribution >= 0.6 is 0 Å². The highest BCUT2D eigenvalue weighted by Gasteiger charge is 2.25. The van der Waals surface area contributed by atoms with Gasteiger partial charge in [0.2, 0.25) is 5.91 Å². The third-order valence-electron chi connectivity index (χ3n) is 2.51. The standard InChI is InChI=1S/C12H9N5O3/c18-10-7-17(12(19)16-10)15-6-8-2-3-9(20-8)11-13-4-1-5-14-11/h1-6H,7H2,(H,16,18,19). The molecule has 100 valence electrons. The highest BCUT2D eigenvalue weighted by atomic mass is 16.3. The number of amides is 3. The molecule has 1 aliphatic heterocycles. The highest BCUT2D eigenvalue weighted by Crippen LogP contribution is 2.16. The lowest BCUT2D eigenvalue weighted by molar-refractivity contribution is -0.118. The molecule has 8 heteroatoms. The molecule has 1 aliphatic rings. The Hall–Kier alpha value is -3.03. The average Bonchev–Trinajstić information content (AvgIpc) is 3.04. The second-order valence-corrected chi connectivity index (χ2v) is 3.93. The summed E-state index contributed by atoms with van der Waals surface area (Å²) in [4.78, 5) is 30.3. The van der Waals surface area contributed by atoms with Gasteiger partial charge in [-0.25, -0.2) is 19.8 Å². The number of carbonyl (C=O) groups is 2. The molecule has 0 spiro atoms. The minimum atomic E-state index is -0.551. The highest BCUT2D eigenvalue weighted by molar-refractivity contribution is 6.02. The number of hydrogen-bond acceptors (Lipinski definition) is 6. The van der Waals surface area contributed by atoms with Gasteiger partial charge in [0.05, 0.1) is 6.21 Å². The smallest absolute Gasteiger partial charge is 0.344 e. The number of urea groups is 1. The summed E-state index contributed by atoms with van der Waals surface area (Å²) in [5, 5.41) is 7.01. The quantitative estimate of drug-likeness (QED) is 0.651. The molecule has 2 aromatic heterocycles. The van der Waals surface area contributed by atoms with Crippen LogP contribution in [0.3, 0.4) is 0 Å². The molecule has 3 rings (SSSR count). The fourth-order valence-corrected chi connectivity index (χ4v) is 1.62. The van der Waals surface area contributed by atoms with E-state index in [-0.39, 0.29) is 12.5 Å². The van der Waals surface area contributed by atoms with Gasteiger partial charge in [0.25, 0.3) is 0 Å².